The van der Waals surface area contributed by atoms with Crippen LogP contribution < -0.4 is 20.1 Å². The molecule has 0 saturated carbocycles. The second-order valence-electron chi connectivity index (χ2n) is 5.28. The van der Waals surface area contributed by atoms with Gasteiger partial charge >= 0.3 is 0 Å². The second-order valence-corrected chi connectivity index (χ2v) is 7.82. The average molecular weight is 390 g/mol. The number of carbonyl (C=O) groups is 1. The van der Waals surface area contributed by atoms with Crippen molar-refractivity contribution < 1.29 is 17.9 Å². The van der Waals surface area contributed by atoms with Crippen LogP contribution in [0.25, 0.3) is 0 Å². The van der Waals surface area contributed by atoms with Crippen molar-refractivity contribution in [3.05, 3.63) is 16.6 Å². The molecular weight excluding hydrogens is 374 g/mol. The van der Waals surface area contributed by atoms with E-state index in [1.165, 1.54) is 6.07 Å². The Morgan fingerprint density at radius 3 is 2.91 bits per heavy atom. The van der Waals surface area contributed by atoms with Crippen LogP contribution in [0.5, 0.6) is 5.75 Å². The Morgan fingerprint density at radius 2 is 2.18 bits per heavy atom. The number of sulfonamides is 1. The summed E-state index contributed by atoms with van der Waals surface area (Å²) in [6.45, 7) is 1.41. The highest BCUT2D eigenvalue weighted by atomic mass is 79.9. The fourth-order valence-corrected chi connectivity index (χ4v) is 4.85. The van der Waals surface area contributed by atoms with Crippen LogP contribution in [-0.4, -0.2) is 40.1 Å². The number of hydrogen-bond donors (Lipinski definition) is 3. The number of carbonyl (C=O) groups excluding carboxylic acids is 1. The van der Waals surface area contributed by atoms with E-state index in [0.717, 1.165) is 19.4 Å². The number of anilines is 1. The van der Waals surface area contributed by atoms with Gasteiger partial charge < -0.3 is 15.4 Å². The number of benzene rings is 1. The molecule has 1 atom stereocenters. The van der Waals surface area contributed by atoms with Gasteiger partial charge in [0.15, 0.2) is 6.61 Å². The van der Waals surface area contributed by atoms with E-state index in [-0.39, 0.29) is 23.5 Å². The minimum Gasteiger partial charge on any atom is -0.482 e. The lowest BCUT2D eigenvalue weighted by molar-refractivity contribution is -0.118. The Labute approximate surface area is 137 Å². The molecule has 9 heteroatoms. The van der Waals surface area contributed by atoms with Crippen molar-refractivity contribution >= 4 is 37.5 Å². The molecule has 0 aliphatic carbocycles. The molecule has 1 amide bonds. The van der Waals surface area contributed by atoms with Gasteiger partial charge in [-0.05, 0) is 41.4 Å². The van der Waals surface area contributed by atoms with Crippen LogP contribution in [0, 0.1) is 0 Å². The lowest BCUT2D eigenvalue weighted by Gasteiger charge is -2.24. The van der Waals surface area contributed by atoms with E-state index < -0.39 is 10.0 Å². The lowest BCUT2D eigenvalue weighted by atomic mass is 10.1. The first-order chi connectivity index (χ1) is 10.5. The molecule has 0 bridgehead atoms. The van der Waals surface area contributed by atoms with Crippen molar-refractivity contribution in [1.29, 1.82) is 0 Å². The van der Waals surface area contributed by atoms with Gasteiger partial charge in [-0.2, -0.15) is 0 Å². The predicted octanol–water partition coefficient (Wildman–Crippen LogP) is 0.810. The van der Waals surface area contributed by atoms with Crippen LogP contribution >= 0.6 is 15.9 Å². The van der Waals surface area contributed by atoms with Crippen LogP contribution in [0.2, 0.25) is 0 Å². The van der Waals surface area contributed by atoms with Crippen molar-refractivity contribution in [3.63, 3.8) is 0 Å². The molecule has 2 heterocycles. The highest BCUT2D eigenvalue weighted by Crippen LogP contribution is 2.35. The molecule has 1 aromatic rings. The molecule has 7 nitrogen and oxygen atoms in total. The number of rotatable bonds is 3. The molecular formula is C13H16BrN3O4S. The normalized spacial score (nSPS) is 21.7. The average Bonchev–Trinajstić information content (AvgIpc) is 2.46. The maximum Gasteiger partial charge on any atom is 0.262 e. The molecule has 120 valence electrons. The summed E-state index contributed by atoms with van der Waals surface area (Å²) < 4.78 is 33.5. The first-order valence-corrected chi connectivity index (χ1v) is 9.22. The van der Waals surface area contributed by atoms with E-state index in [2.05, 4.69) is 31.3 Å². The standard InChI is InChI=1S/C13H16BrN3O4S/c14-9-4-10-11(21-7-13(18)16-10)5-12(9)22(19,20)17-8-2-1-3-15-6-8/h4-5,8,15,17H,1-3,6-7H2,(H,16,18). The predicted molar refractivity (Wildman–Crippen MR) is 84.5 cm³/mol. The third kappa shape index (κ3) is 3.27. The maximum atomic E-state index is 12.6. The van der Waals surface area contributed by atoms with Gasteiger partial charge in [-0.15, -0.1) is 0 Å². The number of piperidine rings is 1. The van der Waals surface area contributed by atoms with Gasteiger partial charge in [-0.3, -0.25) is 4.79 Å². The minimum atomic E-state index is -3.67. The van der Waals surface area contributed by atoms with E-state index in [1.807, 2.05) is 0 Å². The number of amides is 1. The third-order valence-electron chi connectivity index (χ3n) is 3.58. The van der Waals surface area contributed by atoms with E-state index in [9.17, 15) is 13.2 Å². The number of nitrogens with one attached hydrogen (secondary N) is 3. The first kappa shape index (κ1) is 15.7. The summed E-state index contributed by atoms with van der Waals surface area (Å²) in [7, 11) is -3.67. The molecule has 0 aromatic heterocycles. The molecule has 22 heavy (non-hydrogen) atoms. The zero-order valence-corrected chi connectivity index (χ0v) is 14.1. The van der Waals surface area contributed by atoms with Crippen LogP contribution in [0.15, 0.2) is 21.5 Å². The molecule has 3 rings (SSSR count). The van der Waals surface area contributed by atoms with Crippen LogP contribution in [0.1, 0.15) is 12.8 Å². The van der Waals surface area contributed by atoms with Crippen molar-refractivity contribution in [1.82, 2.24) is 10.0 Å². The summed E-state index contributed by atoms with van der Waals surface area (Å²) in [6, 6.07) is 2.85. The number of fused-ring (bicyclic) bond motifs is 1. The summed E-state index contributed by atoms with van der Waals surface area (Å²) in [4.78, 5) is 11.4. The van der Waals surface area contributed by atoms with Crippen LogP contribution in [0.4, 0.5) is 5.69 Å². The Hall–Kier alpha value is -1.16. The second kappa shape index (κ2) is 6.15. The van der Waals surface area contributed by atoms with E-state index in [1.54, 1.807) is 6.07 Å². The zero-order valence-electron chi connectivity index (χ0n) is 11.7. The summed E-state index contributed by atoms with van der Waals surface area (Å²) in [6.07, 6.45) is 1.75. The Bertz CT molecular complexity index is 701. The first-order valence-electron chi connectivity index (χ1n) is 6.95. The summed E-state index contributed by atoms with van der Waals surface area (Å²) in [5, 5.41) is 5.81. The van der Waals surface area contributed by atoms with Crippen molar-refractivity contribution in [2.45, 2.75) is 23.8 Å². The molecule has 2 aliphatic rings. The van der Waals surface area contributed by atoms with Gasteiger partial charge in [-0.25, -0.2) is 13.1 Å². The van der Waals surface area contributed by atoms with Crippen LogP contribution in [-0.2, 0) is 14.8 Å². The fraction of sp³-hybridized carbons (Fsp3) is 0.462. The third-order valence-corrected chi connectivity index (χ3v) is 6.05. The Kier molecular flexibility index (Phi) is 4.40. The van der Waals surface area contributed by atoms with Crippen molar-refractivity contribution in [3.8, 4) is 5.75 Å². The van der Waals surface area contributed by atoms with Gasteiger partial charge in [0.1, 0.15) is 10.6 Å². The minimum absolute atomic E-state index is 0.105. The fourth-order valence-electron chi connectivity index (χ4n) is 2.52. The highest BCUT2D eigenvalue weighted by Gasteiger charge is 2.27. The molecule has 3 N–H and O–H groups in total. The maximum absolute atomic E-state index is 12.6. The summed E-state index contributed by atoms with van der Waals surface area (Å²) >= 11 is 3.25. The summed E-state index contributed by atoms with van der Waals surface area (Å²) in [5.41, 5.74) is 0.460. The molecule has 1 fully saturated rings. The van der Waals surface area contributed by atoms with Gasteiger partial charge in [0, 0.05) is 23.1 Å². The molecule has 1 unspecified atom stereocenters. The Balaban J connectivity index is 1.88. The Morgan fingerprint density at radius 1 is 1.36 bits per heavy atom. The monoisotopic (exact) mass is 389 g/mol. The van der Waals surface area contributed by atoms with Crippen LogP contribution in [0.3, 0.4) is 0 Å². The van der Waals surface area contributed by atoms with Crippen molar-refractivity contribution in [2.24, 2.45) is 0 Å². The number of hydrogen-bond acceptors (Lipinski definition) is 5. The van der Waals surface area contributed by atoms with E-state index in [4.69, 9.17) is 4.74 Å². The summed E-state index contributed by atoms with van der Waals surface area (Å²) in [5.74, 6) is 0.0892. The van der Waals surface area contributed by atoms with Crippen molar-refractivity contribution in [2.75, 3.05) is 25.0 Å². The molecule has 0 radical (unpaired) electrons. The van der Waals surface area contributed by atoms with Gasteiger partial charge in [0.2, 0.25) is 10.0 Å². The topological polar surface area (TPSA) is 96.5 Å². The van der Waals surface area contributed by atoms with E-state index >= 15 is 0 Å². The quantitative estimate of drug-likeness (QED) is 0.710. The van der Waals surface area contributed by atoms with E-state index in [0.29, 0.717) is 22.5 Å². The SMILES string of the molecule is O=C1COc2cc(S(=O)(=O)NC3CCCNC3)c(Br)cc2N1. The molecule has 1 aromatic carbocycles. The molecule has 2 aliphatic heterocycles. The largest absolute Gasteiger partial charge is 0.482 e. The smallest absolute Gasteiger partial charge is 0.262 e. The lowest BCUT2D eigenvalue weighted by Crippen LogP contribution is -2.45. The number of halogens is 1. The highest BCUT2D eigenvalue weighted by molar-refractivity contribution is 9.10. The molecule has 1 saturated heterocycles. The van der Waals surface area contributed by atoms with Gasteiger partial charge in [0.05, 0.1) is 5.69 Å². The molecule has 0 spiro atoms. The van der Waals surface area contributed by atoms with Gasteiger partial charge in [0.25, 0.3) is 5.91 Å². The number of ether oxygens (including phenoxy) is 1. The zero-order chi connectivity index (χ0) is 15.7. The van der Waals surface area contributed by atoms with Gasteiger partial charge in [-0.1, -0.05) is 0 Å².